The number of rotatable bonds is 4. The van der Waals surface area contributed by atoms with Crippen molar-refractivity contribution < 1.29 is 4.74 Å². The van der Waals surface area contributed by atoms with Gasteiger partial charge in [-0.05, 0) is 24.3 Å². The van der Waals surface area contributed by atoms with E-state index in [9.17, 15) is 0 Å². The van der Waals surface area contributed by atoms with Gasteiger partial charge in [-0.1, -0.05) is 44.9 Å². The van der Waals surface area contributed by atoms with Gasteiger partial charge in [-0.25, -0.2) is 0 Å². The van der Waals surface area contributed by atoms with Crippen molar-refractivity contribution in [3.8, 4) is 5.75 Å². The molecule has 2 heteroatoms. The highest BCUT2D eigenvalue weighted by molar-refractivity contribution is 5.33. The Bertz CT molecular complexity index is 377. The van der Waals surface area contributed by atoms with Gasteiger partial charge in [0.1, 0.15) is 5.75 Å². The van der Waals surface area contributed by atoms with Crippen LogP contribution >= 0.6 is 0 Å². The van der Waals surface area contributed by atoms with Crippen molar-refractivity contribution in [3.63, 3.8) is 0 Å². The third-order valence-electron chi connectivity index (χ3n) is 4.45. The summed E-state index contributed by atoms with van der Waals surface area (Å²) >= 11 is 0. The van der Waals surface area contributed by atoms with E-state index >= 15 is 0 Å². The number of methoxy groups -OCH3 is 1. The fourth-order valence-corrected chi connectivity index (χ4v) is 2.96. The molecule has 0 amide bonds. The van der Waals surface area contributed by atoms with Crippen molar-refractivity contribution in [1.29, 1.82) is 0 Å². The lowest BCUT2D eigenvalue weighted by atomic mass is 9.78. The Labute approximate surface area is 111 Å². The molecule has 1 aliphatic rings. The molecule has 1 aromatic carbocycles. The number of para-hydroxylation sites is 1. The van der Waals surface area contributed by atoms with Crippen molar-refractivity contribution in [2.45, 2.75) is 45.7 Å². The van der Waals surface area contributed by atoms with E-state index in [4.69, 9.17) is 4.74 Å². The average Bonchev–Trinajstić information content (AvgIpc) is 2.41. The topological polar surface area (TPSA) is 21.3 Å². The maximum atomic E-state index is 5.39. The minimum Gasteiger partial charge on any atom is -0.496 e. The predicted molar refractivity (Wildman–Crippen MR) is 75.8 cm³/mol. The van der Waals surface area contributed by atoms with Crippen molar-refractivity contribution in [2.24, 2.45) is 11.8 Å². The van der Waals surface area contributed by atoms with Crippen LogP contribution in [0.3, 0.4) is 0 Å². The largest absolute Gasteiger partial charge is 0.496 e. The molecule has 1 aromatic rings. The van der Waals surface area contributed by atoms with Crippen LogP contribution in [0.15, 0.2) is 24.3 Å². The highest BCUT2D eigenvalue weighted by Crippen LogP contribution is 2.30. The normalized spacial score (nSPS) is 28.1. The molecule has 1 saturated carbocycles. The molecule has 2 nitrogen and oxygen atoms in total. The standard InChI is InChI=1S/C16H25NO/c1-12-7-6-9-15(13(12)2)17-11-14-8-4-5-10-16(14)18-3/h4-5,8,10,12-13,15,17H,6-7,9,11H2,1-3H3. The fraction of sp³-hybridized carbons (Fsp3) is 0.625. The first-order valence-electron chi connectivity index (χ1n) is 7.07. The zero-order valence-electron chi connectivity index (χ0n) is 11.8. The Morgan fingerprint density at radius 3 is 2.78 bits per heavy atom. The van der Waals surface area contributed by atoms with Crippen LogP contribution in [0.5, 0.6) is 5.75 Å². The van der Waals surface area contributed by atoms with E-state index in [-0.39, 0.29) is 0 Å². The van der Waals surface area contributed by atoms with E-state index in [2.05, 4.69) is 31.3 Å². The van der Waals surface area contributed by atoms with Crippen LogP contribution in [0.4, 0.5) is 0 Å². The molecule has 0 aliphatic heterocycles. The predicted octanol–water partition coefficient (Wildman–Crippen LogP) is 3.61. The number of hydrogen-bond acceptors (Lipinski definition) is 2. The van der Waals surface area contributed by atoms with E-state index in [0.29, 0.717) is 6.04 Å². The van der Waals surface area contributed by atoms with Crippen molar-refractivity contribution in [3.05, 3.63) is 29.8 Å². The summed E-state index contributed by atoms with van der Waals surface area (Å²) in [5.74, 6) is 2.60. The van der Waals surface area contributed by atoms with E-state index in [0.717, 1.165) is 24.1 Å². The molecule has 0 aromatic heterocycles. The summed E-state index contributed by atoms with van der Waals surface area (Å²) in [4.78, 5) is 0. The molecule has 1 fully saturated rings. The molecule has 0 heterocycles. The highest BCUT2D eigenvalue weighted by atomic mass is 16.5. The van der Waals surface area contributed by atoms with Gasteiger partial charge in [0.15, 0.2) is 0 Å². The molecule has 0 bridgehead atoms. The summed E-state index contributed by atoms with van der Waals surface area (Å²) < 4.78 is 5.39. The minimum absolute atomic E-state index is 0.652. The minimum atomic E-state index is 0.652. The zero-order chi connectivity index (χ0) is 13.0. The fourth-order valence-electron chi connectivity index (χ4n) is 2.96. The lowest BCUT2D eigenvalue weighted by molar-refractivity contribution is 0.205. The lowest BCUT2D eigenvalue weighted by Crippen LogP contribution is -2.40. The molecular weight excluding hydrogens is 222 g/mol. The van der Waals surface area contributed by atoms with E-state index in [1.54, 1.807) is 7.11 Å². The molecule has 0 saturated heterocycles. The molecule has 3 unspecified atom stereocenters. The van der Waals surface area contributed by atoms with Gasteiger partial charge in [0.2, 0.25) is 0 Å². The summed E-state index contributed by atoms with van der Waals surface area (Å²) in [6.07, 6.45) is 4.05. The second kappa shape index (κ2) is 6.24. The molecule has 100 valence electrons. The Kier molecular flexibility index (Phi) is 4.65. The molecular formula is C16H25NO. The Hall–Kier alpha value is -1.02. The van der Waals surface area contributed by atoms with Crippen LogP contribution in [0.1, 0.15) is 38.7 Å². The van der Waals surface area contributed by atoms with E-state index in [1.165, 1.54) is 24.8 Å². The van der Waals surface area contributed by atoms with Gasteiger partial charge >= 0.3 is 0 Å². The lowest BCUT2D eigenvalue weighted by Gasteiger charge is -2.35. The summed E-state index contributed by atoms with van der Waals surface area (Å²) in [6.45, 7) is 5.66. The number of benzene rings is 1. The third-order valence-corrected chi connectivity index (χ3v) is 4.45. The molecule has 1 aliphatic carbocycles. The van der Waals surface area contributed by atoms with Gasteiger partial charge in [0.05, 0.1) is 7.11 Å². The summed E-state index contributed by atoms with van der Waals surface area (Å²) in [7, 11) is 1.74. The van der Waals surface area contributed by atoms with Crippen molar-refractivity contribution in [2.75, 3.05) is 7.11 Å². The monoisotopic (exact) mass is 247 g/mol. The van der Waals surface area contributed by atoms with Gasteiger partial charge in [-0.2, -0.15) is 0 Å². The second-order valence-corrected chi connectivity index (χ2v) is 5.57. The molecule has 0 radical (unpaired) electrons. The van der Waals surface area contributed by atoms with Gasteiger partial charge < -0.3 is 10.1 Å². The van der Waals surface area contributed by atoms with Gasteiger partial charge in [-0.3, -0.25) is 0 Å². The molecule has 0 spiro atoms. The first-order valence-corrected chi connectivity index (χ1v) is 7.07. The van der Waals surface area contributed by atoms with Crippen LogP contribution in [-0.4, -0.2) is 13.2 Å². The quantitative estimate of drug-likeness (QED) is 0.877. The Morgan fingerprint density at radius 1 is 1.22 bits per heavy atom. The Morgan fingerprint density at radius 2 is 2.00 bits per heavy atom. The van der Waals surface area contributed by atoms with Gasteiger partial charge in [-0.15, -0.1) is 0 Å². The highest BCUT2D eigenvalue weighted by Gasteiger charge is 2.26. The van der Waals surface area contributed by atoms with Crippen LogP contribution in [0.25, 0.3) is 0 Å². The second-order valence-electron chi connectivity index (χ2n) is 5.57. The summed E-state index contributed by atoms with van der Waals surface area (Å²) in [5, 5.41) is 3.71. The van der Waals surface area contributed by atoms with Gasteiger partial charge in [0, 0.05) is 18.2 Å². The van der Waals surface area contributed by atoms with Gasteiger partial charge in [0.25, 0.3) is 0 Å². The maximum Gasteiger partial charge on any atom is 0.123 e. The van der Waals surface area contributed by atoms with Crippen molar-refractivity contribution >= 4 is 0 Å². The zero-order valence-corrected chi connectivity index (χ0v) is 11.8. The van der Waals surface area contributed by atoms with Crippen LogP contribution < -0.4 is 10.1 Å². The molecule has 3 atom stereocenters. The van der Waals surface area contributed by atoms with E-state index < -0.39 is 0 Å². The van der Waals surface area contributed by atoms with Crippen molar-refractivity contribution in [1.82, 2.24) is 5.32 Å². The van der Waals surface area contributed by atoms with Crippen LogP contribution in [0.2, 0.25) is 0 Å². The van der Waals surface area contributed by atoms with E-state index in [1.807, 2.05) is 12.1 Å². The first kappa shape index (κ1) is 13.4. The Balaban J connectivity index is 1.94. The number of ether oxygens (including phenoxy) is 1. The summed E-state index contributed by atoms with van der Waals surface area (Å²) in [5.41, 5.74) is 1.26. The first-order chi connectivity index (χ1) is 8.72. The third kappa shape index (κ3) is 3.05. The van der Waals surface area contributed by atoms with Crippen LogP contribution in [0, 0.1) is 11.8 Å². The molecule has 1 N–H and O–H groups in total. The maximum absolute atomic E-state index is 5.39. The summed E-state index contributed by atoms with van der Waals surface area (Å²) in [6, 6.07) is 8.92. The SMILES string of the molecule is COc1ccccc1CNC1CCCC(C)C1C. The smallest absolute Gasteiger partial charge is 0.123 e. The number of nitrogens with one attached hydrogen (secondary N) is 1. The molecule has 18 heavy (non-hydrogen) atoms. The number of hydrogen-bond donors (Lipinski definition) is 1. The average molecular weight is 247 g/mol. The van der Waals surface area contributed by atoms with Crippen LogP contribution in [-0.2, 0) is 6.54 Å². The molecule has 2 rings (SSSR count).